The average Bonchev–Trinajstić information content (AvgIpc) is 2.94. The summed E-state index contributed by atoms with van der Waals surface area (Å²) in [6.45, 7) is 4.05. The van der Waals surface area contributed by atoms with Crippen molar-refractivity contribution in [3.05, 3.63) is 59.4 Å². The second-order valence-corrected chi connectivity index (χ2v) is 8.04. The maximum Gasteiger partial charge on any atom is 0.414 e. The Kier molecular flexibility index (Phi) is 4.97. The van der Waals surface area contributed by atoms with E-state index in [1.54, 1.807) is 0 Å². The molecule has 1 aliphatic rings. The standard InChI is InChI=1S/C18H19FN2O4S/c1-12-7-13(2)9-15(8-12)21-11-16(25-18(21)22)10-20-26(23,24)17-5-3-14(19)4-6-17/h3-9,16,20H,10-11H2,1-2H3. The van der Waals surface area contributed by atoms with Crippen LogP contribution in [0.5, 0.6) is 0 Å². The van der Waals surface area contributed by atoms with Crippen molar-refractivity contribution in [1.82, 2.24) is 4.72 Å². The van der Waals surface area contributed by atoms with Gasteiger partial charge in [0.25, 0.3) is 0 Å². The van der Waals surface area contributed by atoms with Gasteiger partial charge >= 0.3 is 6.09 Å². The highest BCUT2D eigenvalue weighted by atomic mass is 32.2. The molecule has 0 spiro atoms. The molecule has 0 aromatic heterocycles. The van der Waals surface area contributed by atoms with E-state index in [4.69, 9.17) is 4.74 Å². The fraction of sp³-hybridized carbons (Fsp3) is 0.278. The first-order valence-corrected chi connectivity index (χ1v) is 9.54. The molecule has 26 heavy (non-hydrogen) atoms. The first-order valence-electron chi connectivity index (χ1n) is 8.06. The number of halogens is 1. The van der Waals surface area contributed by atoms with E-state index in [0.717, 1.165) is 28.9 Å². The molecule has 8 heteroatoms. The number of aryl methyl sites for hydroxylation is 2. The van der Waals surface area contributed by atoms with Crippen LogP contribution >= 0.6 is 0 Å². The van der Waals surface area contributed by atoms with Crippen LogP contribution in [-0.2, 0) is 14.8 Å². The Balaban J connectivity index is 1.67. The number of ether oxygens (including phenoxy) is 1. The molecule has 0 bridgehead atoms. The van der Waals surface area contributed by atoms with Gasteiger partial charge in [-0.25, -0.2) is 22.3 Å². The normalized spacial score (nSPS) is 17.4. The highest BCUT2D eigenvalue weighted by Gasteiger charge is 2.33. The molecular weight excluding hydrogens is 359 g/mol. The minimum atomic E-state index is -3.80. The van der Waals surface area contributed by atoms with E-state index in [1.807, 2.05) is 32.0 Å². The first kappa shape index (κ1) is 18.3. The molecule has 2 aromatic carbocycles. The van der Waals surface area contributed by atoms with Gasteiger partial charge in [-0.05, 0) is 61.4 Å². The quantitative estimate of drug-likeness (QED) is 0.868. The van der Waals surface area contributed by atoms with Gasteiger partial charge in [-0.3, -0.25) is 4.90 Å². The van der Waals surface area contributed by atoms with Crippen molar-refractivity contribution < 1.29 is 22.3 Å². The zero-order chi connectivity index (χ0) is 18.9. The number of amides is 1. The van der Waals surface area contributed by atoms with Crippen LogP contribution in [0.3, 0.4) is 0 Å². The number of anilines is 1. The van der Waals surface area contributed by atoms with Crippen molar-refractivity contribution in [1.29, 1.82) is 0 Å². The maximum atomic E-state index is 12.9. The summed E-state index contributed by atoms with van der Waals surface area (Å²) >= 11 is 0. The molecule has 138 valence electrons. The molecule has 1 aliphatic heterocycles. The topological polar surface area (TPSA) is 75.7 Å². The van der Waals surface area contributed by atoms with E-state index < -0.39 is 28.0 Å². The van der Waals surface area contributed by atoms with Crippen molar-refractivity contribution in [2.75, 3.05) is 18.0 Å². The summed E-state index contributed by atoms with van der Waals surface area (Å²) < 4.78 is 45.1. The Labute approximate surface area is 151 Å². The van der Waals surface area contributed by atoms with Gasteiger partial charge in [0.05, 0.1) is 11.4 Å². The third-order valence-electron chi connectivity index (χ3n) is 4.02. The Morgan fingerprint density at radius 3 is 2.38 bits per heavy atom. The molecule has 1 amide bonds. The largest absolute Gasteiger partial charge is 0.443 e. The second-order valence-electron chi connectivity index (χ2n) is 6.27. The van der Waals surface area contributed by atoms with E-state index in [9.17, 15) is 17.6 Å². The summed E-state index contributed by atoms with van der Waals surface area (Å²) in [4.78, 5) is 13.6. The van der Waals surface area contributed by atoms with Gasteiger partial charge in [-0.2, -0.15) is 0 Å². The van der Waals surface area contributed by atoms with Gasteiger partial charge in [0.2, 0.25) is 10.0 Å². The second kappa shape index (κ2) is 7.05. The molecule has 1 heterocycles. The lowest BCUT2D eigenvalue weighted by molar-refractivity contribution is 0.143. The summed E-state index contributed by atoms with van der Waals surface area (Å²) in [5.41, 5.74) is 2.76. The van der Waals surface area contributed by atoms with Crippen LogP contribution < -0.4 is 9.62 Å². The minimum absolute atomic E-state index is 0.0469. The van der Waals surface area contributed by atoms with Gasteiger partial charge in [0.1, 0.15) is 11.9 Å². The van der Waals surface area contributed by atoms with Crippen molar-refractivity contribution in [2.45, 2.75) is 24.8 Å². The number of nitrogens with zero attached hydrogens (tertiary/aromatic N) is 1. The van der Waals surface area contributed by atoms with Crippen LogP contribution in [0, 0.1) is 19.7 Å². The predicted molar refractivity (Wildman–Crippen MR) is 95.1 cm³/mol. The van der Waals surface area contributed by atoms with Crippen molar-refractivity contribution in [3.8, 4) is 0 Å². The zero-order valence-corrected chi connectivity index (χ0v) is 15.2. The summed E-state index contributed by atoms with van der Waals surface area (Å²) in [5.74, 6) is -0.516. The van der Waals surface area contributed by atoms with E-state index in [-0.39, 0.29) is 18.0 Å². The molecule has 1 atom stereocenters. The number of hydrogen-bond acceptors (Lipinski definition) is 4. The Bertz CT molecular complexity index is 908. The van der Waals surface area contributed by atoms with Gasteiger partial charge in [0, 0.05) is 12.2 Å². The lowest BCUT2D eigenvalue weighted by Gasteiger charge is -2.15. The molecule has 0 aliphatic carbocycles. The zero-order valence-electron chi connectivity index (χ0n) is 14.4. The number of carbonyl (C=O) groups excluding carboxylic acids is 1. The third kappa shape index (κ3) is 4.03. The molecule has 1 N–H and O–H groups in total. The number of benzene rings is 2. The monoisotopic (exact) mass is 378 g/mol. The highest BCUT2D eigenvalue weighted by molar-refractivity contribution is 7.89. The molecule has 6 nitrogen and oxygen atoms in total. The number of carbonyl (C=O) groups is 1. The fourth-order valence-corrected chi connectivity index (χ4v) is 3.91. The predicted octanol–water partition coefficient (Wildman–Crippen LogP) is 2.75. The van der Waals surface area contributed by atoms with E-state index in [0.29, 0.717) is 0 Å². The summed E-state index contributed by atoms with van der Waals surface area (Å²) in [5, 5.41) is 0. The van der Waals surface area contributed by atoms with Crippen LogP contribution in [-0.4, -0.2) is 33.7 Å². The van der Waals surface area contributed by atoms with E-state index in [2.05, 4.69) is 4.72 Å². The van der Waals surface area contributed by atoms with Gasteiger partial charge in [0.15, 0.2) is 0 Å². The van der Waals surface area contributed by atoms with Crippen LogP contribution in [0.15, 0.2) is 47.4 Å². The summed E-state index contributed by atoms with van der Waals surface area (Å²) in [7, 11) is -3.80. The SMILES string of the molecule is Cc1cc(C)cc(N2CC(CNS(=O)(=O)c3ccc(F)cc3)OC2=O)c1. The fourth-order valence-electron chi connectivity index (χ4n) is 2.84. The Morgan fingerprint density at radius 1 is 1.15 bits per heavy atom. The number of cyclic esters (lactones) is 1. The molecule has 1 unspecified atom stereocenters. The average molecular weight is 378 g/mol. The van der Waals surface area contributed by atoms with Gasteiger partial charge < -0.3 is 4.74 Å². The van der Waals surface area contributed by atoms with Crippen molar-refractivity contribution in [2.24, 2.45) is 0 Å². The molecular formula is C18H19FN2O4S. The lowest BCUT2D eigenvalue weighted by atomic mass is 10.1. The molecule has 3 rings (SSSR count). The van der Waals surface area contributed by atoms with E-state index in [1.165, 1.54) is 17.0 Å². The molecule has 0 saturated carbocycles. The van der Waals surface area contributed by atoms with Crippen LogP contribution in [0.2, 0.25) is 0 Å². The number of sulfonamides is 1. The number of hydrogen-bond donors (Lipinski definition) is 1. The molecule has 0 radical (unpaired) electrons. The number of rotatable bonds is 5. The minimum Gasteiger partial charge on any atom is -0.443 e. The first-order chi connectivity index (χ1) is 12.2. The van der Waals surface area contributed by atoms with E-state index >= 15 is 0 Å². The Hall–Kier alpha value is -2.45. The Morgan fingerprint density at radius 2 is 1.77 bits per heavy atom. The highest BCUT2D eigenvalue weighted by Crippen LogP contribution is 2.24. The van der Waals surface area contributed by atoms with Crippen molar-refractivity contribution >= 4 is 21.8 Å². The van der Waals surface area contributed by atoms with Crippen LogP contribution in [0.1, 0.15) is 11.1 Å². The van der Waals surface area contributed by atoms with Gasteiger partial charge in [-0.15, -0.1) is 0 Å². The maximum absolute atomic E-state index is 12.9. The third-order valence-corrected chi connectivity index (χ3v) is 5.46. The molecule has 1 saturated heterocycles. The lowest BCUT2D eigenvalue weighted by Crippen LogP contribution is -2.34. The molecule has 2 aromatic rings. The summed E-state index contributed by atoms with van der Waals surface area (Å²) in [6.07, 6.45) is -1.13. The van der Waals surface area contributed by atoms with Crippen LogP contribution in [0.4, 0.5) is 14.9 Å². The summed E-state index contributed by atoms with van der Waals surface area (Å²) in [6, 6.07) is 10.3. The molecule has 1 fully saturated rings. The van der Waals surface area contributed by atoms with Gasteiger partial charge in [-0.1, -0.05) is 6.07 Å². The number of nitrogens with one attached hydrogen (secondary N) is 1. The van der Waals surface area contributed by atoms with Crippen LogP contribution in [0.25, 0.3) is 0 Å². The smallest absolute Gasteiger partial charge is 0.414 e. The van der Waals surface area contributed by atoms with Crippen molar-refractivity contribution in [3.63, 3.8) is 0 Å².